The third-order valence-electron chi connectivity index (χ3n) is 1.37. The molecule has 1 heterocycles. The van der Waals surface area contributed by atoms with Gasteiger partial charge in [0.25, 0.3) is 0 Å². The van der Waals surface area contributed by atoms with Crippen molar-refractivity contribution in [1.29, 1.82) is 0 Å². The third-order valence-corrected chi connectivity index (χ3v) is 1.37. The Kier molecular flexibility index (Phi) is 8.88. The Bertz CT molecular complexity index is 41.5. The summed E-state index contributed by atoms with van der Waals surface area (Å²) in [6.07, 6.45) is 0. The van der Waals surface area contributed by atoms with Crippen molar-refractivity contribution in [2.45, 2.75) is 0 Å². The van der Waals surface area contributed by atoms with Gasteiger partial charge < -0.3 is 16.0 Å². The van der Waals surface area contributed by atoms with Crippen LogP contribution in [0.15, 0.2) is 0 Å². The summed E-state index contributed by atoms with van der Waals surface area (Å²) in [5.41, 5.74) is 0. The molecule has 4 heteroatoms. The topological polar surface area (TPSA) is 38.2 Å². The van der Waals surface area contributed by atoms with E-state index in [1.807, 2.05) is 0 Å². The van der Waals surface area contributed by atoms with Gasteiger partial charge in [0, 0.05) is 45.8 Å². The molecule has 10 heavy (non-hydrogen) atoms. The molecule has 0 aromatic carbocycles. The minimum Gasteiger partial charge on any atom is -0.660 e. The molecule has 0 saturated carbocycles. The third kappa shape index (κ3) is 5.75. The average molecular weight is 217 g/mol. The molecule has 0 aliphatic carbocycles. The van der Waals surface area contributed by atoms with E-state index in [1.165, 1.54) is 0 Å². The van der Waals surface area contributed by atoms with Gasteiger partial charge in [0.2, 0.25) is 0 Å². The molecule has 0 unspecified atom stereocenters. The summed E-state index contributed by atoms with van der Waals surface area (Å²) >= 11 is 0. The maximum atomic E-state index is 4.27. The Morgan fingerprint density at radius 1 is 0.800 bits per heavy atom. The summed E-state index contributed by atoms with van der Waals surface area (Å²) in [6, 6.07) is 0. The zero-order chi connectivity index (χ0) is 6.36. The van der Waals surface area contributed by atoms with Crippen LogP contribution in [-0.4, -0.2) is 39.3 Å². The van der Waals surface area contributed by atoms with Crippen molar-refractivity contribution < 1.29 is 32.7 Å². The van der Waals surface area contributed by atoms with Crippen LogP contribution in [0.25, 0.3) is 5.32 Å². The van der Waals surface area contributed by atoms with E-state index < -0.39 is 0 Å². The fourth-order valence-electron chi connectivity index (χ4n) is 0.855. The van der Waals surface area contributed by atoms with Crippen LogP contribution in [0.3, 0.4) is 0 Å². The summed E-state index contributed by atoms with van der Waals surface area (Å²) in [5.74, 6) is 0. The molecule has 3 nitrogen and oxygen atoms in total. The molecular weight excluding hydrogens is 203 g/mol. The minimum atomic E-state index is 0. The first kappa shape index (κ1) is 11.0. The van der Waals surface area contributed by atoms with Crippen LogP contribution in [0.4, 0.5) is 0 Å². The number of hydrogen-bond acceptors (Lipinski definition) is 2. The number of nitrogens with zero attached hydrogens (tertiary/aromatic N) is 1. The van der Waals surface area contributed by atoms with E-state index in [9.17, 15) is 0 Å². The van der Waals surface area contributed by atoms with E-state index in [4.69, 9.17) is 0 Å². The van der Waals surface area contributed by atoms with E-state index in [2.05, 4.69) is 16.0 Å². The van der Waals surface area contributed by atoms with Gasteiger partial charge in [0.15, 0.2) is 0 Å². The van der Waals surface area contributed by atoms with Crippen LogP contribution in [0.2, 0.25) is 0 Å². The fourth-order valence-corrected chi connectivity index (χ4v) is 0.855. The maximum Gasteiger partial charge on any atom is 0.00760 e. The van der Waals surface area contributed by atoms with E-state index in [1.54, 1.807) is 0 Å². The van der Waals surface area contributed by atoms with Crippen molar-refractivity contribution in [2.24, 2.45) is 0 Å². The maximum absolute atomic E-state index is 4.27. The van der Waals surface area contributed by atoms with E-state index in [0.717, 1.165) is 39.3 Å². The van der Waals surface area contributed by atoms with Gasteiger partial charge in [0.1, 0.15) is 0 Å². The Morgan fingerprint density at radius 3 is 1.80 bits per heavy atom. The van der Waals surface area contributed by atoms with Crippen molar-refractivity contribution >= 4 is 0 Å². The van der Waals surface area contributed by atoms with Crippen LogP contribution in [-0.2, 0) is 32.7 Å². The minimum absolute atomic E-state index is 0. The zero-order valence-electron chi connectivity index (χ0n) is 6.27. The molecule has 1 aliphatic rings. The second-order valence-electron chi connectivity index (χ2n) is 2.17. The van der Waals surface area contributed by atoms with Crippen molar-refractivity contribution in [1.82, 2.24) is 10.6 Å². The first-order valence-electron chi connectivity index (χ1n) is 3.55. The molecule has 1 radical (unpaired) electrons. The van der Waals surface area contributed by atoms with E-state index in [-0.39, 0.29) is 32.7 Å². The van der Waals surface area contributed by atoms with Gasteiger partial charge in [-0.3, -0.25) is 0 Å². The van der Waals surface area contributed by atoms with Gasteiger partial charge in [-0.1, -0.05) is 0 Å². The molecule has 0 bridgehead atoms. The molecule has 1 aliphatic heterocycles. The first-order valence-corrected chi connectivity index (χ1v) is 3.55. The molecule has 1 rings (SSSR count). The molecule has 0 amide bonds. The largest absolute Gasteiger partial charge is 0.660 e. The Morgan fingerprint density at radius 2 is 1.30 bits per heavy atom. The fraction of sp³-hybridized carbons (Fsp3) is 1.00. The quantitative estimate of drug-likeness (QED) is 0.576. The summed E-state index contributed by atoms with van der Waals surface area (Å²) in [5, 5.41) is 10.8. The predicted octanol–water partition coefficient (Wildman–Crippen LogP) is -0.450. The van der Waals surface area contributed by atoms with Crippen molar-refractivity contribution in [3.63, 3.8) is 0 Å². The number of rotatable bonds is 0. The first-order chi connectivity index (χ1) is 4.50. The molecule has 0 aromatic heterocycles. The summed E-state index contributed by atoms with van der Waals surface area (Å²) in [6.45, 7) is 6.19. The van der Waals surface area contributed by atoms with Gasteiger partial charge in [0.05, 0.1) is 0 Å². The van der Waals surface area contributed by atoms with Crippen LogP contribution < -0.4 is 10.6 Å². The van der Waals surface area contributed by atoms with E-state index >= 15 is 0 Å². The van der Waals surface area contributed by atoms with Crippen LogP contribution in [0, 0.1) is 0 Å². The summed E-state index contributed by atoms with van der Waals surface area (Å²) < 4.78 is 0. The van der Waals surface area contributed by atoms with Crippen LogP contribution in [0.5, 0.6) is 0 Å². The molecule has 0 spiro atoms. The number of nitrogens with one attached hydrogen (secondary N) is 2. The van der Waals surface area contributed by atoms with Gasteiger partial charge in [-0.15, -0.1) is 13.1 Å². The van der Waals surface area contributed by atoms with Crippen LogP contribution in [0.1, 0.15) is 0 Å². The molecule has 57 valence electrons. The van der Waals surface area contributed by atoms with Gasteiger partial charge in [-0.05, 0) is 13.1 Å². The van der Waals surface area contributed by atoms with Gasteiger partial charge >= 0.3 is 0 Å². The molecule has 1 saturated heterocycles. The predicted molar refractivity (Wildman–Crippen MR) is 38.8 cm³/mol. The van der Waals surface area contributed by atoms with Gasteiger partial charge in [-0.2, -0.15) is 0 Å². The summed E-state index contributed by atoms with van der Waals surface area (Å²) in [7, 11) is 0. The Balaban J connectivity index is 0.000000810. The second kappa shape index (κ2) is 8.08. The second-order valence-corrected chi connectivity index (χ2v) is 2.17. The van der Waals surface area contributed by atoms with Crippen molar-refractivity contribution in [2.75, 3.05) is 39.3 Å². The smallest absolute Gasteiger partial charge is 0.00760 e. The molecule has 0 atom stereocenters. The molecule has 2 N–H and O–H groups in total. The molecule has 1 fully saturated rings. The van der Waals surface area contributed by atoms with Crippen LogP contribution >= 0.6 is 0 Å². The van der Waals surface area contributed by atoms with Crippen molar-refractivity contribution in [3.05, 3.63) is 5.32 Å². The average Bonchev–Trinajstić information content (AvgIpc) is 2.00. The number of hydrogen-bond donors (Lipinski definition) is 2. The zero-order valence-corrected chi connectivity index (χ0v) is 9.11. The standard InChI is InChI=1S/C6H14N3.Y/c1-2-8-5-6-9-4-3-7-1;/h7-8H,1-6H2;/q-1;. The monoisotopic (exact) mass is 217 g/mol. The van der Waals surface area contributed by atoms with Crippen molar-refractivity contribution in [3.8, 4) is 0 Å². The normalized spacial score (nSPS) is 21.6. The molecular formula is C6H14N3Y-. The SMILES string of the molecule is C1CNCCNCC[N-]1.[Y]. The molecule has 0 aromatic rings. The Labute approximate surface area is 87.6 Å². The van der Waals surface area contributed by atoms with E-state index in [0.29, 0.717) is 0 Å². The van der Waals surface area contributed by atoms with Gasteiger partial charge in [-0.25, -0.2) is 0 Å². The Hall–Kier alpha value is 0.984. The summed E-state index contributed by atoms with van der Waals surface area (Å²) in [4.78, 5) is 0.